The third-order valence-electron chi connectivity index (χ3n) is 7.21. The Morgan fingerprint density at radius 2 is 1.32 bits per heavy atom. The minimum Gasteiger partial charge on any atom is -0.389 e. The summed E-state index contributed by atoms with van der Waals surface area (Å²) in [6.07, 6.45) is 12.4. The minimum absolute atomic E-state index is 0.264. The van der Waals surface area contributed by atoms with E-state index in [1.165, 1.54) is 44.9 Å². The molecule has 6 aliphatic rings. The first-order chi connectivity index (χ1) is 9.19. The third kappa shape index (κ3) is 1.71. The Hall–Kier alpha value is 0.310. The van der Waals surface area contributed by atoms with E-state index >= 15 is 0 Å². The quantitative estimate of drug-likeness (QED) is 0.786. The molecule has 19 heavy (non-hydrogen) atoms. The Bertz CT molecular complexity index is 353. The number of hydrogen-bond donors (Lipinski definition) is 1. The second-order valence-electron chi connectivity index (χ2n) is 8.43. The molecule has 0 aromatic rings. The van der Waals surface area contributed by atoms with E-state index in [1.54, 1.807) is 0 Å². The molecule has 6 bridgehead atoms. The number of aliphatic hydroxyl groups is 1. The van der Waals surface area contributed by atoms with Crippen molar-refractivity contribution in [2.24, 2.45) is 29.6 Å². The number of rotatable bonds is 1. The van der Waals surface area contributed by atoms with E-state index in [9.17, 15) is 5.11 Å². The van der Waals surface area contributed by atoms with Crippen LogP contribution in [0, 0.1) is 29.6 Å². The number of hydrogen-bond acceptors (Lipinski definition) is 2. The van der Waals surface area contributed by atoms with Gasteiger partial charge in [-0.15, -0.1) is 0 Å². The van der Waals surface area contributed by atoms with E-state index in [4.69, 9.17) is 0 Å². The van der Waals surface area contributed by atoms with Crippen molar-refractivity contribution in [1.82, 2.24) is 0 Å². The molecule has 2 aliphatic heterocycles. The van der Waals surface area contributed by atoms with Crippen molar-refractivity contribution < 1.29 is 5.11 Å². The Morgan fingerprint density at radius 3 is 1.84 bits per heavy atom. The fourth-order valence-electron chi connectivity index (χ4n) is 7.03. The first-order valence-electron chi connectivity index (χ1n) is 8.57. The highest BCUT2D eigenvalue weighted by molar-refractivity contribution is 8.00. The van der Waals surface area contributed by atoms with Crippen LogP contribution in [0.15, 0.2) is 0 Å². The molecule has 2 heteroatoms. The SMILES string of the molecule is OC1(C2C3CC4CC(C3)CC2C4)CC2CCC(C1)S2. The lowest BCUT2D eigenvalue weighted by molar-refractivity contribution is -0.148. The van der Waals surface area contributed by atoms with Gasteiger partial charge in [0.25, 0.3) is 0 Å². The Morgan fingerprint density at radius 1 is 0.789 bits per heavy atom. The van der Waals surface area contributed by atoms with E-state index in [1.807, 2.05) is 0 Å². The zero-order valence-corrected chi connectivity index (χ0v) is 12.6. The van der Waals surface area contributed by atoms with Crippen LogP contribution in [0.4, 0.5) is 0 Å². The van der Waals surface area contributed by atoms with Crippen LogP contribution in [-0.2, 0) is 0 Å². The molecule has 6 fully saturated rings. The largest absolute Gasteiger partial charge is 0.389 e. The van der Waals surface area contributed by atoms with Gasteiger partial charge in [0.2, 0.25) is 0 Å². The monoisotopic (exact) mass is 278 g/mol. The highest BCUT2D eigenvalue weighted by Crippen LogP contribution is 2.62. The Labute approximate surface area is 120 Å². The molecule has 1 N–H and O–H groups in total. The average Bonchev–Trinajstić information content (AvgIpc) is 2.67. The molecule has 2 heterocycles. The molecular formula is C17H26OS. The third-order valence-corrected chi connectivity index (χ3v) is 8.78. The van der Waals surface area contributed by atoms with Crippen LogP contribution >= 0.6 is 11.8 Å². The Balaban J connectivity index is 1.46. The van der Waals surface area contributed by atoms with Crippen molar-refractivity contribution in [3.63, 3.8) is 0 Å². The van der Waals surface area contributed by atoms with Gasteiger partial charge in [0.1, 0.15) is 0 Å². The van der Waals surface area contributed by atoms with Crippen molar-refractivity contribution in [3.8, 4) is 0 Å². The van der Waals surface area contributed by atoms with Crippen molar-refractivity contribution >= 4 is 11.8 Å². The van der Waals surface area contributed by atoms with Crippen molar-refractivity contribution in [2.75, 3.05) is 0 Å². The maximum atomic E-state index is 11.5. The van der Waals surface area contributed by atoms with E-state index in [0.29, 0.717) is 5.92 Å². The summed E-state index contributed by atoms with van der Waals surface area (Å²) in [5, 5.41) is 13.1. The zero-order chi connectivity index (χ0) is 12.6. The van der Waals surface area contributed by atoms with Gasteiger partial charge in [0, 0.05) is 10.5 Å². The number of fused-ring (bicyclic) bond motifs is 2. The van der Waals surface area contributed by atoms with E-state index in [0.717, 1.165) is 47.0 Å². The molecule has 1 nitrogen and oxygen atoms in total. The summed E-state index contributed by atoms with van der Waals surface area (Å²) in [6, 6.07) is 0. The van der Waals surface area contributed by atoms with Crippen LogP contribution in [0.5, 0.6) is 0 Å². The molecule has 0 amide bonds. The molecule has 4 aliphatic carbocycles. The van der Waals surface area contributed by atoms with Crippen LogP contribution in [0.25, 0.3) is 0 Å². The van der Waals surface area contributed by atoms with Gasteiger partial charge in [-0.25, -0.2) is 0 Å². The predicted molar refractivity (Wildman–Crippen MR) is 79.1 cm³/mol. The first-order valence-corrected chi connectivity index (χ1v) is 9.52. The van der Waals surface area contributed by atoms with Gasteiger partial charge in [0.15, 0.2) is 0 Å². The molecular weight excluding hydrogens is 252 g/mol. The highest BCUT2D eigenvalue weighted by atomic mass is 32.2. The lowest BCUT2D eigenvalue weighted by Crippen LogP contribution is -2.57. The van der Waals surface area contributed by atoms with Crippen LogP contribution in [0.2, 0.25) is 0 Å². The molecule has 106 valence electrons. The second-order valence-corrected chi connectivity index (χ2v) is 10.0. The molecule has 2 saturated heterocycles. The van der Waals surface area contributed by atoms with Gasteiger partial charge in [-0.2, -0.15) is 11.8 Å². The molecule has 2 unspecified atom stereocenters. The maximum Gasteiger partial charge on any atom is 0.0702 e. The minimum atomic E-state index is -0.264. The summed E-state index contributed by atoms with van der Waals surface area (Å²) in [6.45, 7) is 0. The van der Waals surface area contributed by atoms with Crippen LogP contribution in [0.3, 0.4) is 0 Å². The first kappa shape index (κ1) is 11.9. The fraction of sp³-hybridized carbons (Fsp3) is 1.00. The maximum absolute atomic E-state index is 11.5. The Kier molecular flexibility index (Phi) is 2.47. The summed E-state index contributed by atoms with van der Waals surface area (Å²) in [4.78, 5) is 0. The topological polar surface area (TPSA) is 20.2 Å². The summed E-state index contributed by atoms with van der Waals surface area (Å²) in [5.41, 5.74) is -0.264. The lowest BCUT2D eigenvalue weighted by atomic mass is 9.48. The van der Waals surface area contributed by atoms with E-state index < -0.39 is 0 Å². The normalized spacial score (nSPS) is 62.7. The van der Waals surface area contributed by atoms with Crippen LogP contribution in [0.1, 0.15) is 57.8 Å². The molecule has 0 aromatic heterocycles. The molecule has 0 radical (unpaired) electrons. The van der Waals surface area contributed by atoms with E-state index in [2.05, 4.69) is 11.8 Å². The molecule has 6 rings (SSSR count). The summed E-state index contributed by atoms with van der Waals surface area (Å²) >= 11 is 2.20. The molecule has 0 spiro atoms. The summed E-state index contributed by atoms with van der Waals surface area (Å²) in [5.74, 6) is 4.55. The predicted octanol–water partition coefficient (Wildman–Crippen LogP) is 3.85. The van der Waals surface area contributed by atoms with Crippen LogP contribution in [-0.4, -0.2) is 21.2 Å². The van der Waals surface area contributed by atoms with Gasteiger partial charge >= 0.3 is 0 Å². The second kappa shape index (κ2) is 3.94. The lowest BCUT2D eigenvalue weighted by Gasteiger charge is -2.59. The van der Waals surface area contributed by atoms with Gasteiger partial charge < -0.3 is 5.11 Å². The van der Waals surface area contributed by atoms with Gasteiger partial charge in [-0.05, 0) is 87.4 Å². The molecule has 0 aromatic carbocycles. The van der Waals surface area contributed by atoms with Gasteiger partial charge in [-0.3, -0.25) is 0 Å². The highest BCUT2D eigenvalue weighted by Gasteiger charge is 2.57. The summed E-state index contributed by atoms with van der Waals surface area (Å²) < 4.78 is 0. The molecule has 4 saturated carbocycles. The number of thioether (sulfide) groups is 1. The van der Waals surface area contributed by atoms with Crippen molar-refractivity contribution in [3.05, 3.63) is 0 Å². The standard InChI is InChI=1S/C17H26OS/c18-17(8-14-1-2-15(9-17)19-14)16-12-4-10-3-11(6-12)7-13(16)5-10/h10-16,18H,1-9H2. The fourth-order valence-corrected chi connectivity index (χ4v) is 8.89. The van der Waals surface area contributed by atoms with Gasteiger partial charge in [0.05, 0.1) is 5.60 Å². The smallest absolute Gasteiger partial charge is 0.0702 e. The average molecular weight is 278 g/mol. The van der Waals surface area contributed by atoms with E-state index in [-0.39, 0.29) is 5.60 Å². The summed E-state index contributed by atoms with van der Waals surface area (Å²) in [7, 11) is 0. The van der Waals surface area contributed by atoms with Crippen molar-refractivity contribution in [1.29, 1.82) is 0 Å². The van der Waals surface area contributed by atoms with Gasteiger partial charge in [-0.1, -0.05) is 0 Å². The molecule has 2 atom stereocenters. The van der Waals surface area contributed by atoms with Crippen molar-refractivity contribution in [2.45, 2.75) is 73.9 Å². The zero-order valence-electron chi connectivity index (χ0n) is 11.8. The van der Waals surface area contributed by atoms with Crippen LogP contribution < -0.4 is 0 Å².